The summed E-state index contributed by atoms with van der Waals surface area (Å²) >= 11 is 0. The fourth-order valence-corrected chi connectivity index (χ4v) is 7.84. The van der Waals surface area contributed by atoms with Crippen LogP contribution in [0.2, 0.25) is 0 Å². The van der Waals surface area contributed by atoms with Gasteiger partial charge in [-0.1, -0.05) is 62.8 Å². The highest BCUT2D eigenvalue weighted by Gasteiger charge is 2.50. The molecule has 0 spiro atoms. The summed E-state index contributed by atoms with van der Waals surface area (Å²) in [4.78, 5) is 116. The number of nitrogens with zero attached hydrogens (tertiary/aromatic N) is 2. The minimum Gasteiger partial charge on any atom is -0.481 e. The van der Waals surface area contributed by atoms with Gasteiger partial charge in [-0.15, -0.1) is 0 Å². The molecule has 19 nitrogen and oxygen atoms in total. The van der Waals surface area contributed by atoms with Gasteiger partial charge in [0.15, 0.2) is 0 Å². The van der Waals surface area contributed by atoms with Crippen LogP contribution in [0.3, 0.4) is 0 Å². The zero-order valence-corrected chi connectivity index (χ0v) is 38.1. The van der Waals surface area contributed by atoms with Crippen molar-refractivity contribution < 1.29 is 53.4 Å². The maximum absolute atomic E-state index is 13.8. The number of carboxylic acid groups (broad SMARTS) is 2. The molecule has 2 aliphatic rings. The molecule has 1 unspecified atom stereocenters. The third kappa shape index (κ3) is 16.0. The quantitative estimate of drug-likeness (QED) is 0.0298. The van der Waals surface area contributed by atoms with Crippen molar-refractivity contribution in [1.29, 1.82) is 0 Å². The monoisotopic (exact) mass is 918 g/mol. The van der Waals surface area contributed by atoms with Crippen molar-refractivity contribution >= 4 is 69.7 Å². The third-order valence-corrected chi connectivity index (χ3v) is 11.8. The van der Waals surface area contributed by atoms with Gasteiger partial charge in [0.2, 0.25) is 29.5 Å². The average Bonchev–Trinajstić information content (AvgIpc) is 4.06. The number of benzene rings is 2. The van der Waals surface area contributed by atoms with Crippen molar-refractivity contribution in [1.82, 2.24) is 31.5 Å². The van der Waals surface area contributed by atoms with Crippen molar-refractivity contribution in [3.63, 3.8) is 0 Å². The molecule has 0 radical (unpaired) electrons. The number of aliphatic carboxylic acids is 2. The molecule has 0 bridgehead atoms. The number of primary amides is 1. The highest BCUT2D eigenvalue weighted by Crippen LogP contribution is 2.45. The first-order chi connectivity index (χ1) is 31.5. The maximum atomic E-state index is 13.8. The lowest BCUT2D eigenvalue weighted by Crippen LogP contribution is -2.51. The number of imide groups is 1. The van der Waals surface area contributed by atoms with E-state index in [1.807, 2.05) is 31.1 Å². The number of nitrogens with two attached hydrogens (primary N) is 1. The second kappa shape index (κ2) is 25.9. The Balaban J connectivity index is 1.32. The van der Waals surface area contributed by atoms with E-state index in [-0.39, 0.29) is 57.1 Å². The first-order valence-corrected chi connectivity index (χ1v) is 22.9. The zero-order valence-electron chi connectivity index (χ0n) is 38.1. The molecule has 7 amide bonds. The number of anilines is 1. The smallest absolute Gasteiger partial charge is 0.326 e. The van der Waals surface area contributed by atoms with Gasteiger partial charge in [-0.3, -0.25) is 43.3 Å². The Morgan fingerprint density at radius 2 is 1.39 bits per heavy atom. The second-order valence-electron chi connectivity index (χ2n) is 17.2. The lowest BCUT2D eigenvalue weighted by atomic mass is 9.93. The van der Waals surface area contributed by atoms with Crippen LogP contribution in [-0.4, -0.2) is 127 Å². The molecule has 2 atom stereocenters. The Bertz CT molecular complexity index is 2100. The number of nitrogens with one attached hydrogen (secondary N) is 5. The highest BCUT2D eigenvalue weighted by atomic mass is 16.4. The summed E-state index contributed by atoms with van der Waals surface area (Å²) < 4.78 is 0. The Labute approximate surface area is 385 Å². The van der Waals surface area contributed by atoms with Crippen LogP contribution in [-0.2, 0) is 33.6 Å². The number of unbranched alkanes of at least 4 members (excludes halogenated alkanes) is 7. The van der Waals surface area contributed by atoms with Crippen molar-refractivity contribution in [2.24, 2.45) is 11.1 Å². The van der Waals surface area contributed by atoms with Crippen LogP contribution in [0.5, 0.6) is 0 Å². The van der Waals surface area contributed by atoms with Crippen LogP contribution in [0.1, 0.15) is 123 Å². The van der Waals surface area contributed by atoms with Crippen LogP contribution >= 0.6 is 0 Å². The normalized spacial score (nSPS) is 14.7. The molecule has 4 rings (SSSR count). The van der Waals surface area contributed by atoms with Gasteiger partial charge in [0.25, 0.3) is 11.8 Å². The molecule has 1 heterocycles. The molecule has 66 heavy (non-hydrogen) atoms. The molecule has 0 saturated heterocycles. The van der Waals surface area contributed by atoms with E-state index in [1.165, 1.54) is 12.2 Å². The van der Waals surface area contributed by atoms with E-state index >= 15 is 0 Å². The van der Waals surface area contributed by atoms with Crippen molar-refractivity contribution in [2.45, 2.75) is 115 Å². The molecular formula is C47H66N8O11. The second-order valence-corrected chi connectivity index (χ2v) is 17.2. The standard InChI is InChI=1S/C47H66N8O11/c1-54(2)36-22-21-33-41-31(36)14-11-15-32(41)43(62)55(44(33)63)29-13-16-34(42(61)51-26-23-35(45(64)65)52-39(58)19-12-20-40(59)60)53-46(66)47(24-25-47)30-49-27-28-50-38(57)18-10-8-6-4-3-5-7-9-17-37(48)56/h11,13-16,21-22,34-35,49H,3-10,12,17-20,23-30H2,1-2H3,(H2,48,56)(H,50,57)(H,51,61)(H,52,58)(H,53,66)(H,59,60)(H,64,65)/b16-13+/t34?,35-/m1/s1. The summed E-state index contributed by atoms with van der Waals surface area (Å²) in [6.07, 6.45) is 11.9. The van der Waals surface area contributed by atoms with E-state index in [0.717, 1.165) is 67.3 Å². The molecule has 2 aromatic carbocycles. The topological polar surface area (TPSA) is 287 Å². The van der Waals surface area contributed by atoms with Crippen LogP contribution < -0.4 is 37.2 Å². The number of carbonyl (C=O) groups excluding carboxylic acids is 7. The SMILES string of the molecule is CN(C)c1ccc2c3c(cccc13)C(=O)N(C/C=C/C(NC(=O)C1(CNCCNC(=O)CCCCCCCCCCC(N)=O)CC1)C(=O)NCC[C@@H](NC(=O)CCCC(=O)O)C(=O)O)C2=O. The molecule has 0 aromatic heterocycles. The highest BCUT2D eigenvalue weighted by molar-refractivity contribution is 6.26. The predicted molar refractivity (Wildman–Crippen MR) is 246 cm³/mol. The Kier molecular flexibility index (Phi) is 20.5. The molecule has 2 aromatic rings. The summed E-state index contributed by atoms with van der Waals surface area (Å²) in [5.74, 6) is -5.59. The predicted octanol–water partition coefficient (Wildman–Crippen LogP) is 2.75. The molecule has 9 N–H and O–H groups in total. The van der Waals surface area contributed by atoms with Gasteiger partial charge in [-0.2, -0.15) is 0 Å². The number of hydrogen-bond acceptors (Lipinski definition) is 11. The molecule has 1 aliphatic carbocycles. The van der Waals surface area contributed by atoms with Gasteiger partial charge in [0.05, 0.1) is 5.41 Å². The van der Waals surface area contributed by atoms with Crippen LogP contribution in [0, 0.1) is 5.41 Å². The Morgan fingerprint density at radius 3 is 2.02 bits per heavy atom. The van der Waals surface area contributed by atoms with Gasteiger partial charge in [0, 0.05) is 100 Å². The van der Waals surface area contributed by atoms with E-state index in [9.17, 15) is 48.3 Å². The average molecular weight is 919 g/mol. The number of amides is 7. The van der Waals surface area contributed by atoms with E-state index in [4.69, 9.17) is 10.8 Å². The Hall–Kier alpha value is -6.37. The van der Waals surface area contributed by atoms with E-state index in [0.29, 0.717) is 55.3 Å². The fourth-order valence-electron chi connectivity index (χ4n) is 7.84. The summed E-state index contributed by atoms with van der Waals surface area (Å²) in [5, 5.41) is 33.7. The van der Waals surface area contributed by atoms with Crippen LogP contribution in [0.25, 0.3) is 10.8 Å². The molecule has 1 aliphatic heterocycles. The fraction of sp³-hybridized carbons (Fsp3) is 0.553. The van der Waals surface area contributed by atoms with Crippen LogP contribution in [0.4, 0.5) is 5.69 Å². The van der Waals surface area contributed by atoms with E-state index in [1.54, 1.807) is 18.2 Å². The minimum atomic E-state index is -1.39. The zero-order chi connectivity index (χ0) is 48.2. The first kappa shape index (κ1) is 52.3. The van der Waals surface area contributed by atoms with Gasteiger partial charge < -0.3 is 47.4 Å². The van der Waals surface area contributed by atoms with Gasteiger partial charge in [-0.05, 0) is 56.7 Å². The van der Waals surface area contributed by atoms with E-state index in [2.05, 4.69) is 26.6 Å². The molecule has 360 valence electrons. The van der Waals surface area contributed by atoms with Crippen molar-refractivity contribution in [3.05, 3.63) is 53.6 Å². The van der Waals surface area contributed by atoms with Gasteiger partial charge in [0.1, 0.15) is 12.1 Å². The molecule has 19 heteroatoms. The third-order valence-electron chi connectivity index (χ3n) is 11.8. The summed E-state index contributed by atoms with van der Waals surface area (Å²) in [5.41, 5.74) is 5.87. The summed E-state index contributed by atoms with van der Waals surface area (Å²) in [7, 11) is 3.73. The lowest BCUT2D eigenvalue weighted by Gasteiger charge is -2.28. The lowest BCUT2D eigenvalue weighted by molar-refractivity contribution is -0.142. The maximum Gasteiger partial charge on any atom is 0.326 e. The van der Waals surface area contributed by atoms with Crippen LogP contribution in [0.15, 0.2) is 42.5 Å². The minimum absolute atomic E-state index is 0.0190. The first-order valence-electron chi connectivity index (χ1n) is 22.9. The summed E-state index contributed by atoms with van der Waals surface area (Å²) in [6, 6.07) is 6.04. The molecular weight excluding hydrogens is 853 g/mol. The molecule has 1 saturated carbocycles. The number of carboxylic acids is 2. The van der Waals surface area contributed by atoms with Crippen molar-refractivity contribution in [2.75, 3.05) is 51.7 Å². The summed E-state index contributed by atoms with van der Waals surface area (Å²) in [6.45, 7) is 0.602. The number of rotatable bonds is 32. The van der Waals surface area contributed by atoms with Gasteiger partial charge >= 0.3 is 11.9 Å². The molecule has 1 fully saturated rings. The largest absolute Gasteiger partial charge is 0.481 e. The van der Waals surface area contributed by atoms with Gasteiger partial charge in [-0.25, -0.2) is 4.79 Å². The van der Waals surface area contributed by atoms with E-state index < -0.39 is 59.0 Å². The number of hydrogen-bond donors (Lipinski definition) is 8. The van der Waals surface area contributed by atoms with Crippen molar-refractivity contribution in [3.8, 4) is 0 Å². The number of carbonyl (C=O) groups is 9. The Morgan fingerprint density at radius 1 is 0.758 bits per heavy atom.